The molecule has 5 nitrogen and oxygen atoms in total. The van der Waals surface area contributed by atoms with E-state index in [1.165, 1.54) is 30.7 Å². The number of halogens is 1. The Bertz CT molecular complexity index is 520. The molecule has 2 saturated heterocycles. The Hall–Kier alpha value is -0.380. The van der Waals surface area contributed by atoms with Crippen LogP contribution in [0.4, 0.5) is 0 Å². The van der Waals surface area contributed by atoms with Gasteiger partial charge in [0.1, 0.15) is 0 Å². The molecule has 0 aromatic carbocycles. The van der Waals surface area contributed by atoms with Crippen LogP contribution < -0.4 is 10.6 Å². The summed E-state index contributed by atoms with van der Waals surface area (Å²) in [6.07, 6.45) is 5.26. The number of aliphatic imine (C=N–C) groups is 1. The van der Waals surface area contributed by atoms with E-state index >= 15 is 0 Å². The minimum atomic E-state index is 0. The number of thiophene rings is 1. The van der Waals surface area contributed by atoms with Crippen LogP contribution in [0.15, 0.2) is 22.5 Å². The first-order chi connectivity index (χ1) is 12.3. The fourth-order valence-electron chi connectivity index (χ4n) is 3.64. The molecule has 3 heterocycles. The SMILES string of the molecule is CCNC(=NCC1CCCN(Cc2cccs2)C1)NCC1CCCO1.I. The van der Waals surface area contributed by atoms with Gasteiger partial charge in [-0.2, -0.15) is 0 Å². The number of hydrogen-bond donors (Lipinski definition) is 2. The van der Waals surface area contributed by atoms with Crippen molar-refractivity contribution < 1.29 is 4.74 Å². The Labute approximate surface area is 179 Å². The minimum absolute atomic E-state index is 0. The molecule has 26 heavy (non-hydrogen) atoms. The van der Waals surface area contributed by atoms with E-state index < -0.39 is 0 Å². The summed E-state index contributed by atoms with van der Waals surface area (Å²) in [6, 6.07) is 4.39. The quantitative estimate of drug-likeness (QED) is 0.349. The third-order valence-electron chi connectivity index (χ3n) is 4.94. The normalized spacial score (nSPS) is 24.3. The van der Waals surface area contributed by atoms with Gasteiger partial charge in [-0.3, -0.25) is 9.89 Å². The zero-order valence-corrected chi connectivity index (χ0v) is 18.9. The lowest BCUT2D eigenvalue weighted by Gasteiger charge is -2.31. The summed E-state index contributed by atoms with van der Waals surface area (Å²) < 4.78 is 5.69. The van der Waals surface area contributed by atoms with Gasteiger partial charge in [0.25, 0.3) is 0 Å². The van der Waals surface area contributed by atoms with Gasteiger partial charge in [0, 0.05) is 44.2 Å². The Morgan fingerprint density at radius 1 is 1.35 bits per heavy atom. The predicted molar refractivity (Wildman–Crippen MR) is 121 cm³/mol. The first-order valence-corrected chi connectivity index (χ1v) is 10.6. The average molecular weight is 492 g/mol. The van der Waals surface area contributed by atoms with Crippen molar-refractivity contribution in [3.8, 4) is 0 Å². The van der Waals surface area contributed by atoms with Crippen molar-refractivity contribution in [2.45, 2.75) is 45.3 Å². The summed E-state index contributed by atoms with van der Waals surface area (Å²) in [7, 11) is 0. The minimum Gasteiger partial charge on any atom is -0.376 e. The molecule has 2 aliphatic heterocycles. The summed E-state index contributed by atoms with van der Waals surface area (Å²) in [5, 5.41) is 8.99. The van der Waals surface area contributed by atoms with Crippen LogP contribution in [-0.4, -0.2) is 56.3 Å². The highest BCUT2D eigenvalue weighted by molar-refractivity contribution is 14.0. The lowest BCUT2D eigenvalue weighted by Crippen LogP contribution is -2.42. The van der Waals surface area contributed by atoms with Crippen LogP contribution in [0.5, 0.6) is 0 Å². The molecule has 0 saturated carbocycles. The molecule has 2 aliphatic rings. The second-order valence-corrected chi connectivity index (χ2v) is 8.09. The van der Waals surface area contributed by atoms with Crippen LogP contribution in [0.3, 0.4) is 0 Å². The summed E-state index contributed by atoms with van der Waals surface area (Å²) in [6.45, 7) is 9.15. The number of guanidine groups is 1. The van der Waals surface area contributed by atoms with Gasteiger partial charge in [-0.25, -0.2) is 0 Å². The van der Waals surface area contributed by atoms with Gasteiger partial charge in [0.15, 0.2) is 5.96 Å². The van der Waals surface area contributed by atoms with Crippen LogP contribution in [0.25, 0.3) is 0 Å². The fourth-order valence-corrected chi connectivity index (χ4v) is 4.39. The first kappa shape index (κ1) is 21.9. The summed E-state index contributed by atoms with van der Waals surface area (Å²) in [4.78, 5) is 8.90. The molecule has 1 aromatic heterocycles. The molecule has 3 rings (SSSR count). The van der Waals surface area contributed by atoms with E-state index in [9.17, 15) is 0 Å². The van der Waals surface area contributed by atoms with Crippen molar-refractivity contribution in [2.24, 2.45) is 10.9 Å². The lowest BCUT2D eigenvalue weighted by atomic mass is 9.98. The second-order valence-electron chi connectivity index (χ2n) is 7.06. The number of nitrogens with one attached hydrogen (secondary N) is 2. The van der Waals surface area contributed by atoms with E-state index in [4.69, 9.17) is 9.73 Å². The Kier molecular flexibility index (Phi) is 10.2. The number of rotatable bonds is 7. The standard InChI is InChI=1S/C19H32N4OS.HI/c1-2-20-19(22-13-17-7-4-10-24-17)21-12-16-6-3-9-23(14-16)15-18-8-5-11-25-18;/h5,8,11,16-17H,2-4,6-7,9-10,12-15H2,1H3,(H2,20,21,22);1H. The number of piperidine rings is 1. The van der Waals surface area contributed by atoms with Crippen molar-refractivity contribution in [3.05, 3.63) is 22.4 Å². The summed E-state index contributed by atoms with van der Waals surface area (Å²) >= 11 is 1.86. The van der Waals surface area contributed by atoms with E-state index in [-0.39, 0.29) is 24.0 Å². The predicted octanol–water partition coefficient (Wildman–Crippen LogP) is 3.31. The first-order valence-electron chi connectivity index (χ1n) is 9.72. The molecular formula is C19H33IN4OS. The van der Waals surface area contributed by atoms with Crippen LogP contribution >= 0.6 is 35.3 Å². The summed E-state index contributed by atoms with van der Waals surface area (Å²) in [5.41, 5.74) is 0. The van der Waals surface area contributed by atoms with Crippen molar-refractivity contribution >= 4 is 41.3 Å². The highest BCUT2D eigenvalue weighted by Crippen LogP contribution is 2.20. The van der Waals surface area contributed by atoms with Gasteiger partial charge in [-0.05, 0) is 56.5 Å². The molecule has 2 fully saturated rings. The van der Waals surface area contributed by atoms with Crippen molar-refractivity contribution in [1.82, 2.24) is 15.5 Å². The highest BCUT2D eigenvalue weighted by Gasteiger charge is 2.20. The average Bonchev–Trinajstić information content (AvgIpc) is 3.31. The molecular weight excluding hydrogens is 459 g/mol. The van der Waals surface area contributed by atoms with E-state index in [0.717, 1.165) is 51.7 Å². The summed E-state index contributed by atoms with van der Waals surface area (Å²) in [5.74, 6) is 1.60. The number of likely N-dealkylation sites (tertiary alicyclic amines) is 1. The Balaban J connectivity index is 0.00000243. The third-order valence-corrected chi connectivity index (χ3v) is 5.80. The smallest absolute Gasteiger partial charge is 0.191 e. The number of nitrogens with zero attached hydrogens (tertiary/aromatic N) is 2. The highest BCUT2D eigenvalue weighted by atomic mass is 127. The van der Waals surface area contributed by atoms with Crippen molar-refractivity contribution in [1.29, 1.82) is 0 Å². The fraction of sp³-hybridized carbons (Fsp3) is 0.737. The van der Waals surface area contributed by atoms with E-state index in [2.05, 4.69) is 40.0 Å². The molecule has 7 heteroatoms. The van der Waals surface area contributed by atoms with E-state index in [0.29, 0.717) is 12.0 Å². The van der Waals surface area contributed by atoms with E-state index in [1.54, 1.807) is 0 Å². The van der Waals surface area contributed by atoms with Crippen LogP contribution in [0.2, 0.25) is 0 Å². The monoisotopic (exact) mass is 492 g/mol. The molecule has 0 aliphatic carbocycles. The molecule has 148 valence electrons. The van der Waals surface area contributed by atoms with Gasteiger partial charge in [0.2, 0.25) is 0 Å². The zero-order chi connectivity index (χ0) is 17.3. The van der Waals surface area contributed by atoms with Crippen LogP contribution in [0, 0.1) is 5.92 Å². The topological polar surface area (TPSA) is 48.9 Å². The molecule has 0 radical (unpaired) electrons. The van der Waals surface area contributed by atoms with Crippen molar-refractivity contribution in [2.75, 3.05) is 39.3 Å². The van der Waals surface area contributed by atoms with Gasteiger partial charge in [-0.1, -0.05) is 6.07 Å². The molecule has 0 amide bonds. The molecule has 2 N–H and O–H groups in total. The molecule has 1 aromatic rings. The largest absolute Gasteiger partial charge is 0.376 e. The maximum Gasteiger partial charge on any atom is 0.191 e. The molecule has 2 unspecified atom stereocenters. The molecule has 0 spiro atoms. The maximum absolute atomic E-state index is 5.69. The van der Waals surface area contributed by atoms with E-state index in [1.807, 2.05) is 11.3 Å². The van der Waals surface area contributed by atoms with Crippen LogP contribution in [-0.2, 0) is 11.3 Å². The second kappa shape index (κ2) is 12.2. The van der Waals surface area contributed by atoms with Gasteiger partial charge < -0.3 is 15.4 Å². The Morgan fingerprint density at radius 2 is 2.27 bits per heavy atom. The number of ether oxygens (including phenoxy) is 1. The zero-order valence-electron chi connectivity index (χ0n) is 15.8. The third kappa shape index (κ3) is 7.32. The van der Waals surface area contributed by atoms with Gasteiger partial charge in [0.05, 0.1) is 6.10 Å². The number of hydrogen-bond acceptors (Lipinski definition) is 4. The Morgan fingerprint density at radius 3 is 3.00 bits per heavy atom. The van der Waals surface area contributed by atoms with Crippen LogP contribution in [0.1, 0.15) is 37.5 Å². The lowest BCUT2D eigenvalue weighted by molar-refractivity contribution is 0.113. The van der Waals surface area contributed by atoms with Gasteiger partial charge in [-0.15, -0.1) is 35.3 Å². The molecule has 0 bridgehead atoms. The molecule has 2 atom stereocenters. The maximum atomic E-state index is 5.69. The van der Waals surface area contributed by atoms with Crippen molar-refractivity contribution in [3.63, 3.8) is 0 Å². The van der Waals surface area contributed by atoms with Gasteiger partial charge >= 0.3 is 0 Å².